The maximum atomic E-state index is 5.57. The highest BCUT2D eigenvalue weighted by molar-refractivity contribution is 7.19. The highest BCUT2D eigenvalue weighted by atomic mass is 32.1. The number of ether oxygens (including phenoxy) is 2. The molecule has 2 aromatic heterocycles. The summed E-state index contributed by atoms with van der Waals surface area (Å²) in [7, 11) is 1.64. The van der Waals surface area contributed by atoms with Crippen LogP contribution in [-0.4, -0.2) is 33.5 Å². The third kappa shape index (κ3) is 2.83. The van der Waals surface area contributed by atoms with E-state index in [1.54, 1.807) is 11.6 Å². The number of nitrogens with zero attached hydrogens (tertiary/aromatic N) is 4. The first-order valence-electron chi connectivity index (χ1n) is 7.89. The zero-order valence-corrected chi connectivity index (χ0v) is 14.7. The largest absolute Gasteiger partial charge is 0.496 e. The minimum atomic E-state index is 0.631. The average molecular weight is 352 g/mol. The van der Waals surface area contributed by atoms with E-state index in [0.29, 0.717) is 12.4 Å². The van der Waals surface area contributed by atoms with Gasteiger partial charge in [0.05, 0.1) is 19.3 Å². The molecule has 4 rings (SSSR count). The van der Waals surface area contributed by atoms with Crippen molar-refractivity contribution < 1.29 is 9.47 Å². The monoisotopic (exact) mass is 352 g/mol. The van der Waals surface area contributed by atoms with Crippen molar-refractivity contribution in [3.63, 3.8) is 0 Å². The van der Waals surface area contributed by atoms with E-state index in [1.807, 2.05) is 55.5 Å². The lowest BCUT2D eigenvalue weighted by Crippen LogP contribution is -1.94. The molecule has 0 aliphatic rings. The van der Waals surface area contributed by atoms with Crippen LogP contribution < -0.4 is 9.47 Å². The molecule has 7 heteroatoms. The van der Waals surface area contributed by atoms with Crippen LogP contribution >= 0.6 is 11.3 Å². The molecule has 0 saturated heterocycles. The minimum Gasteiger partial charge on any atom is -0.496 e. The molecular formula is C18H16N4O2S. The minimum absolute atomic E-state index is 0.631. The Morgan fingerprint density at radius 2 is 1.96 bits per heavy atom. The molecule has 0 atom stereocenters. The normalized spacial score (nSPS) is 11.0. The lowest BCUT2D eigenvalue weighted by Gasteiger charge is -2.05. The first-order valence-corrected chi connectivity index (χ1v) is 8.70. The number of rotatable bonds is 5. The number of hydrogen-bond donors (Lipinski definition) is 0. The molecule has 0 saturated carbocycles. The molecule has 0 fully saturated rings. The van der Waals surface area contributed by atoms with Gasteiger partial charge in [0.2, 0.25) is 4.96 Å². The van der Waals surface area contributed by atoms with Crippen molar-refractivity contribution in [1.29, 1.82) is 0 Å². The molecule has 126 valence electrons. The third-order valence-corrected chi connectivity index (χ3v) is 4.68. The highest BCUT2D eigenvalue weighted by Gasteiger charge is 2.17. The third-order valence-electron chi connectivity index (χ3n) is 3.73. The lowest BCUT2D eigenvalue weighted by molar-refractivity contribution is 0.340. The van der Waals surface area contributed by atoms with Gasteiger partial charge in [-0.05, 0) is 31.2 Å². The van der Waals surface area contributed by atoms with E-state index in [-0.39, 0.29) is 0 Å². The number of methoxy groups -OCH3 is 1. The van der Waals surface area contributed by atoms with E-state index in [4.69, 9.17) is 14.6 Å². The molecule has 0 bridgehead atoms. The van der Waals surface area contributed by atoms with Crippen LogP contribution in [0.15, 0.2) is 48.5 Å². The Labute approximate surface area is 148 Å². The molecular weight excluding hydrogens is 336 g/mol. The molecule has 0 aliphatic carbocycles. The topological polar surface area (TPSA) is 61.5 Å². The van der Waals surface area contributed by atoms with Crippen molar-refractivity contribution in [2.75, 3.05) is 13.7 Å². The Morgan fingerprint density at radius 3 is 2.80 bits per heavy atom. The fraction of sp³-hybridized carbons (Fsp3) is 0.167. The smallest absolute Gasteiger partial charge is 0.235 e. The molecule has 0 spiro atoms. The van der Waals surface area contributed by atoms with E-state index >= 15 is 0 Å². The summed E-state index contributed by atoms with van der Waals surface area (Å²) in [6, 6.07) is 15.6. The van der Waals surface area contributed by atoms with Crippen molar-refractivity contribution in [2.45, 2.75) is 6.92 Å². The van der Waals surface area contributed by atoms with Crippen LogP contribution in [0.5, 0.6) is 11.5 Å². The van der Waals surface area contributed by atoms with Gasteiger partial charge in [-0.1, -0.05) is 35.6 Å². The summed E-state index contributed by atoms with van der Waals surface area (Å²) in [5.41, 5.74) is 1.85. The predicted molar refractivity (Wildman–Crippen MR) is 97.3 cm³/mol. The summed E-state index contributed by atoms with van der Waals surface area (Å²) >= 11 is 1.49. The SMILES string of the molecule is CCOc1cccc(-c2nn3c(-c4ccccc4OC)nnc3s2)c1. The van der Waals surface area contributed by atoms with Crippen molar-refractivity contribution in [3.8, 4) is 33.5 Å². The van der Waals surface area contributed by atoms with E-state index in [1.165, 1.54) is 11.3 Å². The van der Waals surface area contributed by atoms with Crippen LogP contribution in [0, 0.1) is 0 Å². The number of fused-ring (bicyclic) bond motifs is 1. The van der Waals surface area contributed by atoms with Crippen LogP contribution in [0.2, 0.25) is 0 Å². The van der Waals surface area contributed by atoms with Crippen molar-refractivity contribution >= 4 is 16.3 Å². The van der Waals surface area contributed by atoms with Crippen LogP contribution in [0.4, 0.5) is 0 Å². The predicted octanol–water partition coefficient (Wildman–Crippen LogP) is 3.93. The zero-order chi connectivity index (χ0) is 17.2. The summed E-state index contributed by atoms with van der Waals surface area (Å²) in [6.45, 7) is 2.60. The van der Waals surface area contributed by atoms with Gasteiger partial charge in [0.15, 0.2) is 5.82 Å². The standard InChI is InChI=1S/C18H16N4O2S/c1-3-24-13-8-6-7-12(11-13)17-21-22-16(19-20-18(22)25-17)14-9-4-5-10-15(14)23-2/h4-11H,3H2,1-2H3. The maximum absolute atomic E-state index is 5.57. The van der Waals surface area contributed by atoms with Gasteiger partial charge < -0.3 is 9.47 Å². The molecule has 4 aromatic rings. The highest BCUT2D eigenvalue weighted by Crippen LogP contribution is 2.32. The number of aromatic nitrogens is 4. The summed E-state index contributed by atoms with van der Waals surface area (Å²) in [6.07, 6.45) is 0. The van der Waals surface area contributed by atoms with Crippen molar-refractivity contribution in [3.05, 3.63) is 48.5 Å². The van der Waals surface area contributed by atoms with Crippen molar-refractivity contribution in [2.24, 2.45) is 0 Å². The van der Waals surface area contributed by atoms with Gasteiger partial charge in [-0.2, -0.15) is 9.61 Å². The van der Waals surface area contributed by atoms with Crippen LogP contribution in [-0.2, 0) is 0 Å². The fourth-order valence-electron chi connectivity index (χ4n) is 2.62. The van der Waals surface area contributed by atoms with Gasteiger partial charge in [-0.3, -0.25) is 0 Å². The molecule has 0 aliphatic heterocycles. The van der Waals surface area contributed by atoms with Crippen LogP contribution in [0.3, 0.4) is 0 Å². The Bertz CT molecular complexity index is 1020. The van der Waals surface area contributed by atoms with Gasteiger partial charge in [-0.15, -0.1) is 10.2 Å². The van der Waals surface area contributed by atoms with Crippen molar-refractivity contribution in [1.82, 2.24) is 19.8 Å². The molecule has 25 heavy (non-hydrogen) atoms. The maximum Gasteiger partial charge on any atom is 0.235 e. The Morgan fingerprint density at radius 1 is 1.08 bits per heavy atom. The molecule has 2 heterocycles. The van der Waals surface area contributed by atoms with Gasteiger partial charge in [0.1, 0.15) is 16.5 Å². The summed E-state index contributed by atoms with van der Waals surface area (Å²) in [5.74, 6) is 2.23. The quantitative estimate of drug-likeness (QED) is 0.545. The molecule has 6 nitrogen and oxygen atoms in total. The van der Waals surface area contributed by atoms with Gasteiger partial charge in [-0.25, -0.2) is 0 Å². The lowest BCUT2D eigenvalue weighted by atomic mass is 10.2. The summed E-state index contributed by atoms with van der Waals surface area (Å²) in [5, 5.41) is 14.1. The van der Waals surface area contributed by atoms with E-state index in [9.17, 15) is 0 Å². The van der Waals surface area contributed by atoms with E-state index < -0.39 is 0 Å². The van der Waals surface area contributed by atoms with E-state index in [0.717, 1.165) is 32.6 Å². The van der Waals surface area contributed by atoms with Gasteiger partial charge >= 0.3 is 0 Å². The number of benzene rings is 2. The molecule has 0 amide bonds. The van der Waals surface area contributed by atoms with Crippen LogP contribution in [0.1, 0.15) is 6.92 Å². The Hall–Kier alpha value is -2.93. The Kier molecular flexibility index (Phi) is 4.07. The molecule has 0 unspecified atom stereocenters. The second kappa shape index (κ2) is 6.52. The first-order chi connectivity index (χ1) is 12.3. The second-order valence-corrected chi connectivity index (χ2v) is 6.24. The molecule has 0 N–H and O–H groups in total. The number of hydrogen-bond acceptors (Lipinski definition) is 6. The van der Waals surface area contributed by atoms with E-state index in [2.05, 4.69) is 10.2 Å². The van der Waals surface area contributed by atoms with Gasteiger partial charge in [0, 0.05) is 5.56 Å². The Balaban J connectivity index is 1.80. The zero-order valence-electron chi connectivity index (χ0n) is 13.8. The summed E-state index contributed by atoms with van der Waals surface area (Å²) in [4.78, 5) is 0.734. The fourth-order valence-corrected chi connectivity index (χ4v) is 3.45. The molecule has 2 aromatic carbocycles. The molecule has 0 radical (unpaired) electrons. The van der Waals surface area contributed by atoms with Crippen LogP contribution in [0.25, 0.3) is 26.9 Å². The number of para-hydroxylation sites is 1. The first kappa shape index (κ1) is 15.6. The second-order valence-electron chi connectivity index (χ2n) is 5.29. The van der Waals surface area contributed by atoms with Gasteiger partial charge in [0.25, 0.3) is 0 Å². The average Bonchev–Trinajstić information content (AvgIpc) is 3.23. The summed E-state index contributed by atoms with van der Waals surface area (Å²) < 4.78 is 12.8.